The second-order valence-corrected chi connectivity index (χ2v) is 11.2. The summed E-state index contributed by atoms with van der Waals surface area (Å²) in [4.78, 5) is 27.3. The van der Waals surface area contributed by atoms with E-state index in [1.807, 2.05) is 6.07 Å². The van der Waals surface area contributed by atoms with E-state index in [2.05, 4.69) is 49.0 Å². The van der Waals surface area contributed by atoms with Gasteiger partial charge in [-0.2, -0.15) is 0 Å². The number of fused-ring (bicyclic) bond motifs is 4. The molecule has 162 valence electrons. The van der Waals surface area contributed by atoms with Gasteiger partial charge in [-0.1, -0.05) is 26.0 Å². The minimum Gasteiger partial charge on any atom is -0.299 e. The fraction of sp³-hybridized carbons (Fsp3) is 0.458. The fourth-order valence-corrected chi connectivity index (χ4v) is 6.73. The number of para-hydroxylation sites is 1. The number of thiazole rings is 1. The molecule has 1 aliphatic carbocycles. The van der Waals surface area contributed by atoms with Gasteiger partial charge in [0, 0.05) is 17.5 Å². The second-order valence-electron chi connectivity index (χ2n) is 9.00. The highest BCUT2D eigenvalue weighted by molar-refractivity contribution is 7.19. The van der Waals surface area contributed by atoms with Gasteiger partial charge in [-0.3, -0.25) is 14.3 Å². The van der Waals surface area contributed by atoms with Crippen LogP contribution >= 0.6 is 22.7 Å². The predicted octanol–water partition coefficient (Wildman–Crippen LogP) is 5.10. The summed E-state index contributed by atoms with van der Waals surface area (Å²) < 4.78 is 3.06. The van der Waals surface area contributed by atoms with Gasteiger partial charge in [-0.25, -0.2) is 9.97 Å². The number of hydrogen-bond donors (Lipinski definition) is 0. The zero-order valence-corrected chi connectivity index (χ0v) is 19.9. The van der Waals surface area contributed by atoms with E-state index >= 15 is 0 Å². The molecule has 4 aromatic rings. The van der Waals surface area contributed by atoms with Gasteiger partial charge in [0.15, 0.2) is 0 Å². The Morgan fingerprint density at radius 3 is 2.90 bits per heavy atom. The molecule has 1 aliphatic rings. The van der Waals surface area contributed by atoms with Gasteiger partial charge < -0.3 is 0 Å². The summed E-state index contributed by atoms with van der Waals surface area (Å²) in [7, 11) is 2.20. The number of benzene rings is 1. The number of hydrogen-bond acceptors (Lipinski definition) is 6. The molecular formula is C24H28N4OS2. The first-order chi connectivity index (χ1) is 15.0. The molecule has 31 heavy (non-hydrogen) atoms. The monoisotopic (exact) mass is 452 g/mol. The third-order valence-electron chi connectivity index (χ3n) is 6.30. The van der Waals surface area contributed by atoms with Crippen molar-refractivity contribution >= 4 is 43.1 Å². The lowest BCUT2D eigenvalue weighted by Crippen LogP contribution is -2.35. The Morgan fingerprint density at radius 1 is 1.26 bits per heavy atom. The van der Waals surface area contributed by atoms with Crippen molar-refractivity contribution in [1.29, 1.82) is 0 Å². The van der Waals surface area contributed by atoms with Gasteiger partial charge in [-0.15, -0.1) is 22.7 Å². The Kier molecular flexibility index (Phi) is 5.67. The molecule has 0 radical (unpaired) electrons. The van der Waals surface area contributed by atoms with Crippen molar-refractivity contribution in [3.05, 3.63) is 56.4 Å². The van der Waals surface area contributed by atoms with Crippen LogP contribution in [-0.4, -0.2) is 32.5 Å². The summed E-state index contributed by atoms with van der Waals surface area (Å²) in [6.45, 7) is 5.99. The Bertz CT molecular complexity index is 1250. The molecule has 5 rings (SSSR count). The molecule has 0 N–H and O–H groups in total. The smallest absolute Gasteiger partial charge is 0.262 e. The van der Waals surface area contributed by atoms with Crippen LogP contribution < -0.4 is 5.56 Å². The average Bonchev–Trinajstić information content (AvgIpc) is 3.33. The zero-order chi connectivity index (χ0) is 21.5. The van der Waals surface area contributed by atoms with Crippen molar-refractivity contribution in [2.45, 2.75) is 58.7 Å². The number of aromatic nitrogens is 3. The molecule has 0 bridgehead atoms. The first-order valence-electron chi connectivity index (χ1n) is 11.0. The molecule has 1 aromatic carbocycles. The largest absolute Gasteiger partial charge is 0.299 e. The zero-order valence-electron chi connectivity index (χ0n) is 18.3. The van der Waals surface area contributed by atoms with Gasteiger partial charge in [0.05, 0.1) is 28.5 Å². The third-order valence-corrected chi connectivity index (χ3v) is 8.49. The Hall–Kier alpha value is -2.09. The Labute approximate surface area is 190 Å². The van der Waals surface area contributed by atoms with Crippen LogP contribution in [0.4, 0.5) is 0 Å². The summed E-state index contributed by atoms with van der Waals surface area (Å²) in [5.74, 6) is 0.575. The van der Waals surface area contributed by atoms with E-state index in [0.717, 1.165) is 54.5 Å². The SMILES string of the molecule is CC(C)CCn1cnc2sc3c(c2c1=O)CCC(N(C)Cc1nc2ccccc2s1)C3. The number of rotatable bonds is 6. The Morgan fingerprint density at radius 2 is 2.10 bits per heavy atom. The molecule has 7 heteroatoms. The molecular weight excluding hydrogens is 424 g/mol. The number of thiophene rings is 1. The van der Waals surface area contributed by atoms with Crippen LogP contribution in [0, 0.1) is 5.92 Å². The van der Waals surface area contributed by atoms with Crippen LogP contribution in [0.3, 0.4) is 0 Å². The first kappa shape index (κ1) is 20.8. The molecule has 5 nitrogen and oxygen atoms in total. The third kappa shape index (κ3) is 4.06. The van der Waals surface area contributed by atoms with Crippen LogP contribution in [-0.2, 0) is 25.9 Å². The molecule has 0 fully saturated rings. The number of likely N-dealkylation sites (N-methyl/N-ethyl adjacent to an activating group) is 1. The van der Waals surface area contributed by atoms with Gasteiger partial charge in [0.2, 0.25) is 0 Å². The molecule has 0 saturated heterocycles. The van der Waals surface area contributed by atoms with E-state index in [9.17, 15) is 4.79 Å². The highest BCUT2D eigenvalue weighted by atomic mass is 32.1. The molecule has 1 unspecified atom stereocenters. The first-order valence-corrected chi connectivity index (χ1v) is 12.7. The highest BCUT2D eigenvalue weighted by Crippen LogP contribution is 2.35. The highest BCUT2D eigenvalue weighted by Gasteiger charge is 2.27. The maximum Gasteiger partial charge on any atom is 0.262 e. The van der Waals surface area contributed by atoms with Gasteiger partial charge in [-0.05, 0) is 56.3 Å². The number of nitrogens with zero attached hydrogens (tertiary/aromatic N) is 4. The minimum absolute atomic E-state index is 0.143. The van der Waals surface area contributed by atoms with Crippen molar-refractivity contribution in [3.63, 3.8) is 0 Å². The molecule has 3 aromatic heterocycles. The molecule has 1 atom stereocenters. The van der Waals surface area contributed by atoms with Crippen molar-refractivity contribution in [2.24, 2.45) is 5.92 Å². The summed E-state index contributed by atoms with van der Waals surface area (Å²) in [6, 6.07) is 8.81. The lowest BCUT2D eigenvalue weighted by Gasteiger charge is -2.30. The minimum atomic E-state index is 0.143. The average molecular weight is 453 g/mol. The van der Waals surface area contributed by atoms with E-state index in [1.165, 1.54) is 20.1 Å². The van der Waals surface area contributed by atoms with Gasteiger partial charge >= 0.3 is 0 Å². The normalized spacial score (nSPS) is 16.6. The van der Waals surface area contributed by atoms with E-state index < -0.39 is 0 Å². The van der Waals surface area contributed by atoms with Gasteiger partial charge in [0.1, 0.15) is 9.84 Å². The maximum absolute atomic E-state index is 13.1. The van der Waals surface area contributed by atoms with Crippen LogP contribution in [0.15, 0.2) is 35.4 Å². The predicted molar refractivity (Wildman–Crippen MR) is 130 cm³/mol. The van der Waals surface area contributed by atoms with Crippen molar-refractivity contribution in [2.75, 3.05) is 7.05 Å². The molecule has 0 saturated carbocycles. The van der Waals surface area contributed by atoms with Crippen molar-refractivity contribution in [3.8, 4) is 0 Å². The number of aryl methyl sites for hydroxylation is 2. The summed E-state index contributed by atoms with van der Waals surface area (Å²) in [6.07, 6.45) is 5.75. The van der Waals surface area contributed by atoms with Crippen LogP contribution in [0.2, 0.25) is 0 Å². The van der Waals surface area contributed by atoms with Crippen molar-refractivity contribution in [1.82, 2.24) is 19.4 Å². The van der Waals surface area contributed by atoms with Gasteiger partial charge in [0.25, 0.3) is 5.56 Å². The van der Waals surface area contributed by atoms with Crippen molar-refractivity contribution < 1.29 is 0 Å². The lowest BCUT2D eigenvalue weighted by atomic mass is 9.92. The summed E-state index contributed by atoms with van der Waals surface area (Å²) in [5.41, 5.74) is 2.48. The summed E-state index contributed by atoms with van der Waals surface area (Å²) in [5, 5.41) is 2.04. The molecule has 0 spiro atoms. The van der Waals surface area contributed by atoms with E-state index in [0.29, 0.717) is 12.0 Å². The standard InChI is InChI=1S/C24H28N4OS2/c1-15(2)10-11-28-14-25-23-22(24(28)29)17-9-8-16(12-20(17)31-23)27(3)13-21-26-18-6-4-5-7-19(18)30-21/h4-7,14-16H,8-13H2,1-3H3. The Balaban J connectivity index is 1.36. The van der Waals surface area contributed by atoms with Crippen LogP contribution in [0.25, 0.3) is 20.4 Å². The fourth-order valence-electron chi connectivity index (χ4n) is 4.45. The molecule has 0 amide bonds. The maximum atomic E-state index is 13.1. The van der Waals surface area contributed by atoms with E-state index in [1.54, 1.807) is 33.6 Å². The lowest BCUT2D eigenvalue weighted by molar-refractivity contribution is 0.215. The van der Waals surface area contributed by atoms with E-state index in [4.69, 9.17) is 4.98 Å². The summed E-state index contributed by atoms with van der Waals surface area (Å²) >= 11 is 3.50. The van der Waals surface area contributed by atoms with Crippen LogP contribution in [0.1, 0.15) is 42.1 Å². The topological polar surface area (TPSA) is 51.0 Å². The molecule has 3 heterocycles. The molecule has 0 aliphatic heterocycles. The van der Waals surface area contributed by atoms with E-state index in [-0.39, 0.29) is 5.56 Å². The second kappa shape index (κ2) is 8.45. The van der Waals surface area contributed by atoms with Crippen LogP contribution in [0.5, 0.6) is 0 Å². The quantitative estimate of drug-likeness (QED) is 0.408.